The van der Waals surface area contributed by atoms with Crippen molar-refractivity contribution in [3.05, 3.63) is 39.2 Å². The van der Waals surface area contributed by atoms with Gasteiger partial charge in [-0.25, -0.2) is 4.98 Å². The molecule has 2 aromatic rings. The van der Waals surface area contributed by atoms with Crippen molar-refractivity contribution in [1.29, 1.82) is 0 Å². The molecule has 0 saturated heterocycles. The summed E-state index contributed by atoms with van der Waals surface area (Å²) in [6, 6.07) is 3.25. The summed E-state index contributed by atoms with van der Waals surface area (Å²) in [5.41, 5.74) is 1.69. The third-order valence-corrected chi connectivity index (χ3v) is 3.38. The molecule has 1 nitrogen and oxygen atoms in total. The van der Waals surface area contributed by atoms with Crippen LogP contribution in [-0.4, -0.2) is 4.98 Å². The van der Waals surface area contributed by atoms with Gasteiger partial charge in [-0.1, -0.05) is 11.6 Å². The molecule has 17 heavy (non-hydrogen) atoms. The average Bonchev–Trinajstić information content (AvgIpc) is 2.63. The van der Waals surface area contributed by atoms with Crippen molar-refractivity contribution in [2.45, 2.75) is 13.1 Å². The molecule has 0 fully saturated rings. The number of thiazole rings is 1. The van der Waals surface area contributed by atoms with E-state index in [1.165, 1.54) is 17.4 Å². The Morgan fingerprint density at radius 3 is 2.53 bits per heavy atom. The molecule has 0 N–H and O–H groups in total. The quantitative estimate of drug-likeness (QED) is 0.730. The molecule has 0 spiro atoms. The van der Waals surface area contributed by atoms with Crippen LogP contribution in [0.2, 0.25) is 5.02 Å². The lowest BCUT2D eigenvalue weighted by molar-refractivity contribution is -0.137. The summed E-state index contributed by atoms with van der Waals surface area (Å²) in [4.78, 5) is 4.88. The first-order valence-corrected chi connectivity index (χ1v) is 5.92. The van der Waals surface area contributed by atoms with Gasteiger partial charge in [0.25, 0.3) is 0 Å². The Morgan fingerprint density at radius 1 is 1.29 bits per heavy atom. The molecule has 0 unspecified atom stereocenters. The molecule has 0 aliphatic rings. The van der Waals surface area contributed by atoms with E-state index in [0.717, 1.165) is 17.0 Å². The zero-order chi connectivity index (χ0) is 12.6. The molecule has 0 saturated carbocycles. The Labute approximate surface area is 105 Å². The van der Waals surface area contributed by atoms with Crippen molar-refractivity contribution in [3.8, 4) is 11.3 Å². The highest BCUT2D eigenvalue weighted by atomic mass is 35.5. The Balaban J connectivity index is 2.58. The Hall–Kier alpha value is -1.07. The van der Waals surface area contributed by atoms with Gasteiger partial charge in [0.2, 0.25) is 0 Å². The molecule has 1 aromatic heterocycles. The second-order valence-corrected chi connectivity index (χ2v) is 4.92. The van der Waals surface area contributed by atoms with Crippen LogP contribution in [0, 0.1) is 6.92 Å². The highest BCUT2D eigenvalue weighted by Gasteiger charge is 2.31. The van der Waals surface area contributed by atoms with Crippen LogP contribution >= 0.6 is 22.9 Å². The summed E-state index contributed by atoms with van der Waals surface area (Å²) in [7, 11) is 0. The third-order valence-electron chi connectivity index (χ3n) is 2.29. The van der Waals surface area contributed by atoms with Crippen LogP contribution in [0.4, 0.5) is 13.2 Å². The maximum Gasteiger partial charge on any atom is 0.416 e. The summed E-state index contributed by atoms with van der Waals surface area (Å²) < 4.78 is 37.7. The van der Waals surface area contributed by atoms with E-state index >= 15 is 0 Å². The minimum Gasteiger partial charge on any atom is -0.244 e. The molecule has 90 valence electrons. The first-order valence-electron chi connectivity index (χ1n) is 4.67. The van der Waals surface area contributed by atoms with Crippen LogP contribution in [0.25, 0.3) is 11.3 Å². The van der Waals surface area contributed by atoms with E-state index in [0.29, 0.717) is 11.3 Å². The summed E-state index contributed by atoms with van der Waals surface area (Å²) in [6.45, 7) is 1.80. The van der Waals surface area contributed by atoms with E-state index in [9.17, 15) is 13.2 Å². The van der Waals surface area contributed by atoms with Crippen molar-refractivity contribution in [2.24, 2.45) is 0 Å². The summed E-state index contributed by atoms with van der Waals surface area (Å²) in [5, 5.41) is 0.270. The maximum atomic E-state index is 12.6. The van der Waals surface area contributed by atoms with E-state index in [1.807, 2.05) is 0 Å². The molecule has 0 aliphatic heterocycles. The van der Waals surface area contributed by atoms with Gasteiger partial charge in [-0.05, 0) is 25.1 Å². The van der Waals surface area contributed by atoms with Gasteiger partial charge < -0.3 is 0 Å². The van der Waals surface area contributed by atoms with E-state index < -0.39 is 11.7 Å². The predicted molar refractivity (Wildman–Crippen MR) is 62.3 cm³/mol. The van der Waals surface area contributed by atoms with Gasteiger partial charge in [0.15, 0.2) is 0 Å². The van der Waals surface area contributed by atoms with Crippen LogP contribution in [0.5, 0.6) is 0 Å². The van der Waals surface area contributed by atoms with E-state index in [-0.39, 0.29) is 5.02 Å². The van der Waals surface area contributed by atoms with Crippen molar-refractivity contribution >= 4 is 22.9 Å². The number of aryl methyl sites for hydroxylation is 1. The maximum absolute atomic E-state index is 12.6. The van der Waals surface area contributed by atoms with E-state index in [2.05, 4.69) is 4.98 Å². The fourth-order valence-electron chi connectivity index (χ4n) is 1.45. The van der Waals surface area contributed by atoms with E-state index in [1.54, 1.807) is 12.4 Å². The first-order chi connectivity index (χ1) is 7.89. The minimum absolute atomic E-state index is 0.270. The molecule has 0 radical (unpaired) electrons. The normalized spacial score (nSPS) is 11.8. The number of benzene rings is 1. The lowest BCUT2D eigenvalue weighted by atomic mass is 10.1. The largest absolute Gasteiger partial charge is 0.416 e. The number of halogens is 4. The molecule has 6 heteroatoms. The lowest BCUT2D eigenvalue weighted by Gasteiger charge is -2.09. The molecule has 1 aromatic carbocycles. The Bertz CT molecular complexity index is 548. The molecule has 0 aliphatic carbocycles. The average molecular weight is 278 g/mol. The van der Waals surface area contributed by atoms with Crippen molar-refractivity contribution in [1.82, 2.24) is 4.98 Å². The van der Waals surface area contributed by atoms with Crippen LogP contribution in [0.15, 0.2) is 23.7 Å². The van der Waals surface area contributed by atoms with Gasteiger partial charge in [-0.2, -0.15) is 13.2 Å². The van der Waals surface area contributed by atoms with Gasteiger partial charge in [-0.15, -0.1) is 11.3 Å². The number of hydrogen-bond donors (Lipinski definition) is 0. The van der Waals surface area contributed by atoms with Crippen molar-refractivity contribution in [3.63, 3.8) is 0 Å². The second-order valence-electron chi connectivity index (χ2n) is 3.45. The minimum atomic E-state index is -4.37. The van der Waals surface area contributed by atoms with Crippen LogP contribution in [-0.2, 0) is 6.18 Å². The molecule has 0 atom stereocenters. The zero-order valence-corrected chi connectivity index (χ0v) is 10.2. The van der Waals surface area contributed by atoms with Gasteiger partial charge in [0, 0.05) is 10.4 Å². The number of rotatable bonds is 1. The fraction of sp³-hybridized carbons (Fsp3) is 0.182. The second kappa shape index (κ2) is 4.31. The zero-order valence-electron chi connectivity index (χ0n) is 8.68. The first kappa shape index (κ1) is 12.4. The van der Waals surface area contributed by atoms with E-state index in [4.69, 9.17) is 11.6 Å². The Kier molecular flexibility index (Phi) is 3.14. The molecule has 1 heterocycles. The number of nitrogens with zero attached hydrogens (tertiary/aromatic N) is 1. The van der Waals surface area contributed by atoms with Gasteiger partial charge >= 0.3 is 6.18 Å². The van der Waals surface area contributed by atoms with Crippen molar-refractivity contribution < 1.29 is 13.2 Å². The number of aromatic nitrogens is 1. The summed E-state index contributed by atoms with van der Waals surface area (Å²) in [6.07, 6.45) is -4.37. The summed E-state index contributed by atoms with van der Waals surface area (Å²) >= 11 is 7.28. The predicted octanol–water partition coefficient (Wildman–Crippen LogP) is 4.79. The van der Waals surface area contributed by atoms with Crippen molar-refractivity contribution in [2.75, 3.05) is 0 Å². The molecule has 2 rings (SSSR count). The topological polar surface area (TPSA) is 12.9 Å². The molecule has 0 bridgehead atoms. The monoisotopic (exact) mass is 277 g/mol. The summed E-state index contributed by atoms with van der Waals surface area (Å²) in [5.74, 6) is 0. The highest BCUT2D eigenvalue weighted by molar-refractivity contribution is 7.10. The smallest absolute Gasteiger partial charge is 0.244 e. The highest BCUT2D eigenvalue weighted by Crippen LogP contribution is 2.36. The van der Waals surface area contributed by atoms with Crippen LogP contribution in [0.3, 0.4) is 0 Å². The van der Waals surface area contributed by atoms with Gasteiger partial charge in [0.05, 0.1) is 21.8 Å². The SMILES string of the molecule is Cc1scnc1-c1cc(C(F)(F)F)ccc1Cl. The molecular formula is C11H7ClF3NS. The number of alkyl halides is 3. The third kappa shape index (κ3) is 2.45. The molecule has 0 amide bonds. The Morgan fingerprint density at radius 2 is 2.00 bits per heavy atom. The number of hydrogen-bond acceptors (Lipinski definition) is 2. The van der Waals surface area contributed by atoms with Gasteiger partial charge in [0.1, 0.15) is 0 Å². The standard InChI is InChI=1S/C11H7ClF3NS/c1-6-10(16-5-17-6)8-4-7(11(13,14)15)2-3-9(8)12/h2-5H,1H3. The molecular weight excluding hydrogens is 271 g/mol. The van der Waals surface area contributed by atoms with Crippen LogP contribution < -0.4 is 0 Å². The van der Waals surface area contributed by atoms with Gasteiger partial charge in [-0.3, -0.25) is 0 Å². The fourth-order valence-corrected chi connectivity index (χ4v) is 2.24. The van der Waals surface area contributed by atoms with Crippen LogP contribution in [0.1, 0.15) is 10.4 Å². The lowest BCUT2D eigenvalue weighted by Crippen LogP contribution is -2.04.